The fraction of sp³-hybridized carbons (Fsp3) is 0.160. The van der Waals surface area contributed by atoms with Crippen LogP contribution in [-0.2, 0) is 5.41 Å². The van der Waals surface area contributed by atoms with Gasteiger partial charge in [-0.2, -0.15) is 0 Å². The fourth-order valence-corrected chi connectivity index (χ4v) is 3.52. The molecule has 6 heteroatoms. The van der Waals surface area contributed by atoms with Gasteiger partial charge in [-0.1, -0.05) is 57.2 Å². The minimum Gasteiger partial charge on any atom is -0.507 e. The molecule has 0 aliphatic carbocycles. The van der Waals surface area contributed by atoms with E-state index in [0.717, 1.165) is 11.1 Å². The molecule has 0 fully saturated rings. The molecule has 1 heterocycles. The Hall–Kier alpha value is -3.93. The highest BCUT2D eigenvalue weighted by Gasteiger charge is 2.23. The van der Waals surface area contributed by atoms with Crippen LogP contribution in [0.2, 0.25) is 0 Å². The minimum atomic E-state index is -0.995. The summed E-state index contributed by atoms with van der Waals surface area (Å²) in [5.41, 5.74) is 3.28. The lowest BCUT2D eigenvalue weighted by atomic mass is 9.83. The van der Waals surface area contributed by atoms with Gasteiger partial charge in [0.25, 0.3) is 0 Å². The van der Waals surface area contributed by atoms with Crippen molar-refractivity contribution in [3.05, 3.63) is 83.9 Å². The topological polar surface area (TPSA) is 88.2 Å². The second-order valence-corrected chi connectivity index (χ2v) is 8.34. The summed E-state index contributed by atoms with van der Waals surface area (Å²) in [6.45, 7) is 6.41. The number of rotatable bonds is 4. The zero-order chi connectivity index (χ0) is 22.2. The van der Waals surface area contributed by atoms with E-state index >= 15 is 0 Å². The molecule has 156 valence electrons. The van der Waals surface area contributed by atoms with Gasteiger partial charge in [0, 0.05) is 5.56 Å². The summed E-state index contributed by atoms with van der Waals surface area (Å²) in [5.74, 6) is 0.103. The van der Waals surface area contributed by atoms with E-state index in [1.54, 1.807) is 35.0 Å². The van der Waals surface area contributed by atoms with Crippen molar-refractivity contribution in [3.63, 3.8) is 0 Å². The fourth-order valence-electron chi connectivity index (χ4n) is 3.52. The molecule has 31 heavy (non-hydrogen) atoms. The average molecular weight is 413 g/mol. The smallest absolute Gasteiger partial charge is 0.335 e. The first-order valence-electron chi connectivity index (χ1n) is 9.95. The Morgan fingerprint density at radius 1 is 0.871 bits per heavy atom. The van der Waals surface area contributed by atoms with Crippen molar-refractivity contribution >= 4 is 5.97 Å². The standard InChI is InChI=1S/C25H23N3O3/c1-25(2,3)20-10-6-4-8-18(20)22-26-23(19-9-5-7-11-21(19)29)28(27-22)17-14-12-16(13-15-17)24(30)31/h4-15,29H,1-3H3,(H,30,31). The van der Waals surface area contributed by atoms with Crippen molar-refractivity contribution in [3.8, 4) is 34.2 Å². The number of hydrogen-bond acceptors (Lipinski definition) is 4. The van der Waals surface area contributed by atoms with Crippen LogP contribution in [0.15, 0.2) is 72.8 Å². The molecule has 1 aromatic heterocycles. The molecule has 0 unspecified atom stereocenters. The number of carboxylic acids is 1. The molecule has 0 aliphatic rings. The van der Waals surface area contributed by atoms with Crippen LogP contribution in [0.4, 0.5) is 0 Å². The molecule has 0 bridgehead atoms. The Bertz CT molecular complexity index is 1250. The summed E-state index contributed by atoms with van der Waals surface area (Å²) in [6, 6.07) is 21.4. The molecule has 0 amide bonds. The monoisotopic (exact) mass is 413 g/mol. The summed E-state index contributed by atoms with van der Waals surface area (Å²) in [5, 5.41) is 24.4. The van der Waals surface area contributed by atoms with Gasteiger partial charge in [-0.15, -0.1) is 5.10 Å². The molecule has 6 nitrogen and oxygen atoms in total. The van der Waals surface area contributed by atoms with E-state index in [2.05, 4.69) is 26.8 Å². The third-order valence-corrected chi connectivity index (χ3v) is 5.09. The number of aromatic hydroxyl groups is 1. The zero-order valence-corrected chi connectivity index (χ0v) is 17.6. The predicted octanol–water partition coefficient (Wildman–Crippen LogP) is 5.30. The van der Waals surface area contributed by atoms with Gasteiger partial charge < -0.3 is 10.2 Å². The second kappa shape index (κ2) is 7.72. The van der Waals surface area contributed by atoms with Crippen molar-refractivity contribution in [2.24, 2.45) is 0 Å². The lowest BCUT2D eigenvalue weighted by Gasteiger charge is -2.21. The minimum absolute atomic E-state index is 0.0916. The quantitative estimate of drug-likeness (QED) is 0.474. The molecule has 4 aromatic rings. The summed E-state index contributed by atoms with van der Waals surface area (Å²) >= 11 is 0. The maximum absolute atomic E-state index is 11.2. The summed E-state index contributed by atoms with van der Waals surface area (Å²) in [4.78, 5) is 16.0. The SMILES string of the molecule is CC(C)(C)c1ccccc1-c1nc(-c2ccccc2O)n(-c2ccc(C(=O)O)cc2)n1. The second-order valence-electron chi connectivity index (χ2n) is 8.34. The van der Waals surface area contributed by atoms with E-state index < -0.39 is 5.97 Å². The molecule has 0 saturated heterocycles. The number of aromatic nitrogens is 3. The molecular formula is C25H23N3O3. The average Bonchev–Trinajstić information content (AvgIpc) is 3.18. The molecular weight excluding hydrogens is 390 g/mol. The number of phenolic OH excluding ortho intramolecular Hbond substituents is 1. The Morgan fingerprint density at radius 3 is 2.10 bits per heavy atom. The van der Waals surface area contributed by atoms with Gasteiger partial charge in [0.1, 0.15) is 5.75 Å². The van der Waals surface area contributed by atoms with Gasteiger partial charge in [-0.25, -0.2) is 14.5 Å². The first-order chi connectivity index (χ1) is 14.8. The van der Waals surface area contributed by atoms with Gasteiger partial charge >= 0.3 is 5.97 Å². The zero-order valence-electron chi connectivity index (χ0n) is 17.6. The number of carboxylic acid groups (broad SMARTS) is 1. The maximum Gasteiger partial charge on any atom is 0.335 e. The summed E-state index contributed by atoms with van der Waals surface area (Å²) < 4.78 is 1.63. The highest BCUT2D eigenvalue weighted by molar-refractivity contribution is 5.87. The van der Waals surface area contributed by atoms with E-state index in [1.165, 1.54) is 12.1 Å². The molecule has 0 atom stereocenters. The third kappa shape index (κ3) is 3.92. The van der Waals surface area contributed by atoms with E-state index in [0.29, 0.717) is 22.9 Å². The molecule has 0 spiro atoms. The number of phenols is 1. The Kier molecular flexibility index (Phi) is 5.07. The first-order valence-corrected chi connectivity index (χ1v) is 9.95. The predicted molar refractivity (Wildman–Crippen MR) is 120 cm³/mol. The van der Waals surface area contributed by atoms with Crippen LogP contribution in [0.1, 0.15) is 36.7 Å². The van der Waals surface area contributed by atoms with Gasteiger partial charge in [-0.3, -0.25) is 0 Å². The van der Waals surface area contributed by atoms with Crippen molar-refractivity contribution in [1.29, 1.82) is 0 Å². The lowest BCUT2D eigenvalue weighted by molar-refractivity contribution is 0.0697. The van der Waals surface area contributed by atoms with E-state index in [1.807, 2.05) is 24.3 Å². The van der Waals surface area contributed by atoms with E-state index in [-0.39, 0.29) is 16.7 Å². The lowest BCUT2D eigenvalue weighted by Crippen LogP contribution is -2.12. The van der Waals surface area contributed by atoms with E-state index in [9.17, 15) is 15.0 Å². The molecule has 4 rings (SSSR count). The maximum atomic E-state index is 11.2. The number of nitrogens with zero attached hydrogens (tertiary/aromatic N) is 3. The molecule has 0 aliphatic heterocycles. The largest absolute Gasteiger partial charge is 0.507 e. The van der Waals surface area contributed by atoms with Gasteiger partial charge in [0.15, 0.2) is 11.6 Å². The van der Waals surface area contributed by atoms with Crippen molar-refractivity contribution < 1.29 is 15.0 Å². The highest BCUT2D eigenvalue weighted by atomic mass is 16.4. The van der Waals surface area contributed by atoms with Crippen molar-refractivity contribution in [2.75, 3.05) is 0 Å². The van der Waals surface area contributed by atoms with Crippen LogP contribution in [0.3, 0.4) is 0 Å². The first kappa shape index (κ1) is 20.3. The number of carbonyl (C=O) groups is 1. The van der Waals surface area contributed by atoms with Crippen LogP contribution in [0.25, 0.3) is 28.5 Å². The summed E-state index contributed by atoms with van der Waals surface area (Å²) in [6.07, 6.45) is 0. The van der Waals surface area contributed by atoms with Crippen molar-refractivity contribution in [2.45, 2.75) is 26.2 Å². The Labute approximate surface area is 180 Å². The molecule has 3 aromatic carbocycles. The van der Waals surface area contributed by atoms with Crippen LogP contribution >= 0.6 is 0 Å². The molecule has 2 N–H and O–H groups in total. The number of aromatic carboxylic acids is 1. The number of benzene rings is 3. The van der Waals surface area contributed by atoms with Crippen LogP contribution in [0.5, 0.6) is 5.75 Å². The number of para-hydroxylation sites is 1. The van der Waals surface area contributed by atoms with Gasteiger partial charge in [-0.05, 0) is 47.4 Å². The summed E-state index contributed by atoms with van der Waals surface area (Å²) in [7, 11) is 0. The third-order valence-electron chi connectivity index (χ3n) is 5.09. The van der Waals surface area contributed by atoms with Crippen LogP contribution < -0.4 is 0 Å². The van der Waals surface area contributed by atoms with Gasteiger partial charge in [0.2, 0.25) is 0 Å². The Morgan fingerprint density at radius 2 is 1.48 bits per heavy atom. The van der Waals surface area contributed by atoms with Crippen LogP contribution in [-0.4, -0.2) is 30.9 Å². The number of hydrogen-bond donors (Lipinski definition) is 2. The normalized spacial score (nSPS) is 11.5. The Balaban J connectivity index is 1.94. The molecule has 0 saturated carbocycles. The highest BCUT2D eigenvalue weighted by Crippen LogP contribution is 2.35. The molecule has 0 radical (unpaired) electrons. The van der Waals surface area contributed by atoms with Crippen LogP contribution in [0, 0.1) is 0 Å². The van der Waals surface area contributed by atoms with E-state index in [4.69, 9.17) is 10.1 Å². The van der Waals surface area contributed by atoms with Gasteiger partial charge in [0.05, 0.1) is 16.8 Å². The van der Waals surface area contributed by atoms with Crippen molar-refractivity contribution in [1.82, 2.24) is 14.8 Å².